The minimum atomic E-state index is 0. The molecule has 0 saturated heterocycles. The molecule has 0 unspecified atom stereocenters. The molecule has 0 N–H and O–H groups in total. The molecule has 0 atom stereocenters. The van der Waals surface area contributed by atoms with Crippen LogP contribution in [0.4, 0.5) is 0 Å². The van der Waals surface area contributed by atoms with E-state index in [-0.39, 0.29) is 59.2 Å². The van der Waals surface area contributed by atoms with Crippen molar-refractivity contribution >= 4 is 6.74 Å². The fraction of sp³-hybridized carbons (Fsp3) is 0. The number of hydrogen-bond donors (Lipinski definition) is 0. The largest absolute Gasteiger partial charge is 0 e. The van der Waals surface area contributed by atoms with E-state index in [2.05, 4.69) is 15.3 Å². The predicted molar refractivity (Wildman–Crippen MR) is 8.54 cm³/mol. The number of rotatable bonds is 0. The Hall–Kier alpha value is 2.45. The second kappa shape index (κ2) is 31.9. The van der Waals surface area contributed by atoms with Crippen molar-refractivity contribution < 1.29 is 74.5 Å². The molecule has 5 heavy (non-hydrogen) atoms. The van der Waals surface area contributed by atoms with E-state index >= 15 is 0 Å². The van der Waals surface area contributed by atoms with Crippen LogP contribution >= 0.6 is 0 Å². The molecule has 35 valence electrons. The Morgan fingerprint density at radius 2 is 1.00 bits per heavy atom. The molecular formula is H2BFeNiW2. The summed E-state index contributed by atoms with van der Waals surface area (Å²) in [7, 11) is 0. The van der Waals surface area contributed by atoms with Crippen LogP contribution in [0.3, 0.4) is 0 Å². The third-order valence-corrected chi connectivity index (χ3v) is 0. The summed E-state index contributed by atoms with van der Waals surface area (Å²) < 4.78 is 0. The minimum Gasteiger partial charge on any atom is 0 e. The zero-order chi connectivity index (χ0) is 2.00. The van der Waals surface area contributed by atoms with Gasteiger partial charge in [0.1, 0.15) is 0 Å². The second-order valence-electron chi connectivity index (χ2n) is 0. The van der Waals surface area contributed by atoms with Gasteiger partial charge in [-0.3, -0.25) is 0 Å². The van der Waals surface area contributed by atoms with Gasteiger partial charge in [-0.25, -0.2) is 0 Å². The van der Waals surface area contributed by atoms with Crippen molar-refractivity contribution in [2.45, 2.75) is 0 Å². The molecule has 0 aromatic heterocycles. The zero-order valence-corrected chi connectivity index (χ0v) is 10.4. The molecule has 0 aliphatic carbocycles. The summed E-state index contributed by atoms with van der Waals surface area (Å²) in [5.74, 6) is 0. The summed E-state index contributed by atoms with van der Waals surface area (Å²) in [4.78, 5) is 0. The SMILES string of the molecule is [BH2][Ni].[Fe].[W].[W]. The standard InChI is InChI=1S/BH2.Fe.Ni.2W/h1H2;;;;/q+1;;-1;;. The molecule has 0 radical (unpaired) electrons. The molecule has 0 nitrogen and oxygen atoms in total. The van der Waals surface area contributed by atoms with Gasteiger partial charge in [-0.1, -0.05) is 0 Å². The normalized spacial score (nSPS) is 1.20. The third kappa shape index (κ3) is 21.3. The van der Waals surface area contributed by atoms with Gasteiger partial charge >= 0.3 is 22.0 Å². The van der Waals surface area contributed by atoms with Crippen LogP contribution in [0.25, 0.3) is 0 Å². The van der Waals surface area contributed by atoms with Crippen LogP contribution in [0.1, 0.15) is 0 Å². The monoisotopic (exact) mass is 495 g/mol. The van der Waals surface area contributed by atoms with E-state index < -0.39 is 0 Å². The molecule has 0 aliphatic heterocycles. The van der Waals surface area contributed by atoms with Crippen LogP contribution in [0.5, 0.6) is 0 Å². The van der Waals surface area contributed by atoms with E-state index in [4.69, 9.17) is 0 Å². The molecule has 5 heteroatoms. The first-order valence-electron chi connectivity index (χ1n) is 0.316. The van der Waals surface area contributed by atoms with Crippen LogP contribution in [0.2, 0.25) is 0 Å². The van der Waals surface area contributed by atoms with E-state index in [1.807, 2.05) is 0 Å². The third-order valence-electron chi connectivity index (χ3n) is 0. The molecule has 0 amide bonds. The molecule has 0 aliphatic rings. The van der Waals surface area contributed by atoms with Crippen molar-refractivity contribution in [1.29, 1.82) is 0 Å². The van der Waals surface area contributed by atoms with Gasteiger partial charge in [0.05, 0.1) is 0 Å². The Balaban J connectivity index is -0.00000000167. The first-order chi connectivity index (χ1) is 1.00. The van der Waals surface area contributed by atoms with E-state index in [0.717, 1.165) is 0 Å². The zero-order valence-electron chi connectivity index (χ0n) is 2.49. The summed E-state index contributed by atoms with van der Waals surface area (Å²) in [5, 5.41) is 0. The predicted octanol–water partition coefficient (Wildman–Crippen LogP) is -0.926. The summed E-state index contributed by atoms with van der Waals surface area (Å²) in [5.41, 5.74) is 0. The molecule has 0 aromatic carbocycles. The molecule has 0 rings (SSSR count). The second-order valence-corrected chi connectivity index (χ2v) is 0. The van der Waals surface area contributed by atoms with Crippen LogP contribution < -0.4 is 0 Å². The van der Waals surface area contributed by atoms with Crippen LogP contribution in [0, 0.1) is 0 Å². The average Bonchev–Trinajstić information content (AvgIpc) is 1.00. The molecule has 0 heterocycles. The Morgan fingerprint density at radius 3 is 1.00 bits per heavy atom. The van der Waals surface area contributed by atoms with Gasteiger partial charge in [-0.05, 0) is 0 Å². The van der Waals surface area contributed by atoms with Crippen LogP contribution in [-0.2, 0) is 74.5 Å². The quantitative estimate of drug-likeness (QED) is 0.382. The molecule has 0 fully saturated rings. The maximum Gasteiger partial charge on any atom is 0 e. The molecule has 0 aromatic rings. The Kier molecular flexibility index (Phi) is 166. The van der Waals surface area contributed by atoms with Gasteiger partial charge in [0.2, 0.25) is 0 Å². The fourth-order valence-corrected chi connectivity index (χ4v) is 0. The summed E-state index contributed by atoms with van der Waals surface area (Å²) in [6.07, 6.45) is 0. The van der Waals surface area contributed by atoms with Gasteiger partial charge in [0.15, 0.2) is 0 Å². The number of hydrogen-bond acceptors (Lipinski definition) is 0. The average molecular weight is 495 g/mol. The summed E-state index contributed by atoms with van der Waals surface area (Å²) in [6, 6.07) is 0. The van der Waals surface area contributed by atoms with Gasteiger partial charge in [0, 0.05) is 59.2 Å². The first-order valence-corrected chi connectivity index (χ1v) is 1.30. The van der Waals surface area contributed by atoms with Gasteiger partial charge in [0.25, 0.3) is 0 Å². The minimum absolute atomic E-state index is 0. The maximum atomic E-state index is 3.88. The Bertz CT molecular complexity index is 9.61. The molecule has 0 bridgehead atoms. The molecule has 0 spiro atoms. The topological polar surface area (TPSA) is 0 Å². The fourth-order valence-electron chi connectivity index (χ4n) is 0. The Morgan fingerprint density at radius 1 is 1.00 bits per heavy atom. The summed E-state index contributed by atoms with van der Waals surface area (Å²) in [6.45, 7) is 1.62. The van der Waals surface area contributed by atoms with E-state index in [1.165, 1.54) is 0 Å². The van der Waals surface area contributed by atoms with Crippen molar-refractivity contribution in [2.24, 2.45) is 0 Å². The smallest absolute Gasteiger partial charge is 0 e. The first kappa shape index (κ1) is 26.0. The van der Waals surface area contributed by atoms with Gasteiger partial charge in [-0.2, -0.15) is 0 Å². The molecule has 0 saturated carbocycles. The van der Waals surface area contributed by atoms with E-state index in [9.17, 15) is 0 Å². The van der Waals surface area contributed by atoms with Crippen LogP contribution in [0.15, 0.2) is 0 Å². The summed E-state index contributed by atoms with van der Waals surface area (Å²) >= 11 is 3.88. The van der Waals surface area contributed by atoms with Gasteiger partial charge in [-0.15, -0.1) is 0 Å². The van der Waals surface area contributed by atoms with E-state index in [1.54, 1.807) is 6.74 Å². The van der Waals surface area contributed by atoms with Gasteiger partial charge < -0.3 is 0 Å². The van der Waals surface area contributed by atoms with Crippen molar-refractivity contribution in [3.05, 3.63) is 0 Å². The van der Waals surface area contributed by atoms with E-state index in [0.29, 0.717) is 0 Å². The Labute approximate surface area is 80.2 Å². The molecular weight excluding hydrogens is 493 g/mol. The van der Waals surface area contributed by atoms with Crippen molar-refractivity contribution in [1.82, 2.24) is 0 Å². The van der Waals surface area contributed by atoms with Crippen molar-refractivity contribution in [3.8, 4) is 0 Å². The maximum absolute atomic E-state index is 3.88. The van der Waals surface area contributed by atoms with Crippen molar-refractivity contribution in [3.63, 3.8) is 0 Å². The van der Waals surface area contributed by atoms with Crippen molar-refractivity contribution in [2.75, 3.05) is 0 Å². The van der Waals surface area contributed by atoms with Crippen LogP contribution in [-0.4, -0.2) is 6.74 Å².